The average Bonchev–Trinajstić information content (AvgIpc) is 2.99. The van der Waals surface area contributed by atoms with Crippen molar-refractivity contribution in [3.8, 4) is 5.75 Å². The highest BCUT2D eigenvalue weighted by Crippen LogP contribution is 2.58. The van der Waals surface area contributed by atoms with Gasteiger partial charge in [-0.05, 0) is 91.9 Å². The summed E-state index contributed by atoms with van der Waals surface area (Å²) < 4.78 is 5.41. The van der Waals surface area contributed by atoms with Gasteiger partial charge in [-0.3, -0.25) is 4.79 Å². The van der Waals surface area contributed by atoms with E-state index in [1.807, 2.05) is 6.07 Å². The molecule has 2 saturated carbocycles. The quantitative estimate of drug-likeness (QED) is 0.494. The number of aryl methyl sites for hydroxylation is 2. The molecular formula is C26H40O2. The zero-order valence-corrected chi connectivity index (χ0v) is 18.7. The van der Waals surface area contributed by atoms with Crippen molar-refractivity contribution in [2.24, 2.45) is 29.1 Å². The molecule has 0 radical (unpaired) electrons. The Hall–Kier alpha value is -1.31. The molecule has 2 aliphatic carbocycles. The van der Waals surface area contributed by atoms with E-state index < -0.39 is 0 Å². The summed E-state index contributed by atoms with van der Waals surface area (Å²) in [6.45, 7) is 9.34. The van der Waals surface area contributed by atoms with Crippen LogP contribution in [-0.4, -0.2) is 12.9 Å². The Morgan fingerprint density at radius 2 is 2.00 bits per heavy atom. The molecule has 3 unspecified atom stereocenters. The molecule has 0 saturated heterocycles. The Morgan fingerprint density at radius 3 is 2.71 bits per heavy atom. The number of hydrogen-bond donors (Lipinski definition) is 0. The van der Waals surface area contributed by atoms with Gasteiger partial charge in [0.15, 0.2) is 0 Å². The summed E-state index contributed by atoms with van der Waals surface area (Å²) in [6.07, 6.45) is 10.6. The summed E-state index contributed by atoms with van der Waals surface area (Å²) in [5.41, 5.74) is 3.04. The number of ketones is 1. The highest BCUT2D eigenvalue weighted by molar-refractivity contribution is 5.82. The summed E-state index contributed by atoms with van der Waals surface area (Å²) in [4.78, 5) is 12.9. The standard InChI is InChI=1S/C26H40O2/c1-18(2)7-6-8-21-11-14-24-23(25(27)15-16-26(21,24)4)13-10-20-17-22(28-5)12-9-19(20)3/h9,12,17-18,21,23-24H,6-8,10-11,13-16H2,1-5H3/t21?,23-,24?,26?/m0/s1. The molecule has 0 N–H and O–H groups in total. The molecule has 0 heterocycles. The Morgan fingerprint density at radius 1 is 1.21 bits per heavy atom. The van der Waals surface area contributed by atoms with E-state index in [4.69, 9.17) is 4.74 Å². The van der Waals surface area contributed by atoms with Gasteiger partial charge in [-0.15, -0.1) is 0 Å². The van der Waals surface area contributed by atoms with Crippen LogP contribution in [0.25, 0.3) is 0 Å². The molecule has 2 nitrogen and oxygen atoms in total. The fraction of sp³-hybridized carbons (Fsp3) is 0.731. The summed E-state index contributed by atoms with van der Waals surface area (Å²) in [6, 6.07) is 6.33. The van der Waals surface area contributed by atoms with Crippen molar-refractivity contribution in [2.45, 2.75) is 85.5 Å². The van der Waals surface area contributed by atoms with Gasteiger partial charge in [0.05, 0.1) is 7.11 Å². The van der Waals surface area contributed by atoms with E-state index in [0.29, 0.717) is 17.1 Å². The molecule has 2 aliphatic rings. The molecule has 4 atom stereocenters. The summed E-state index contributed by atoms with van der Waals surface area (Å²) in [7, 11) is 1.72. The molecule has 0 aromatic heterocycles. The van der Waals surface area contributed by atoms with Crippen LogP contribution in [0.15, 0.2) is 18.2 Å². The second kappa shape index (κ2) is 9.01. The average molecular weight is 385 g/mol. The van der Waals surface area contributed by atoms with Gasteiger partial charge >= 0.3 is 0 Å². The van der Waals surface area contributed by atoms with Gasteiger partial charge in [-0.25, -0.2) is 0 Å². The van der Waals surface area contributed by atoms with Crippen molar-refractivity contribution in [3.05, 3.63) is 29.3 Å². The molecule has 0 amide bonds. The molecule has 0 spiro atoms. The third-order valence-electron chi connectivity index (χ3n) is 8.03. The van der Waals surface area contributed by atoms with E-state index in [9.17, 15) is 4.79 Å². The van der Waals surface area contributed by atoms with E-state index in [1.165, 1.54) is 43.2 Å². The van der Waals surface area contributed by atoms with Gasteiger partial charge in [0, 0.05) is 12.3 Å². The van der Waals surface area contributed by atoms with Crippen LogP contribution < -0.4 is 4.74 Å². The van der Waals surface area contributed by atoms with E-state index >= 15 is 0 Å². The lowest BCUT2D eigenvalue weighted by atomic mass is 9.59. The van der Waals surface area contributed by atoms with Crippen molar-refractivity contribution < 1.29 is 9.53 Å². The number of hydrogen-bond acceptors (Lipinski definition) is 2. The first kappa shape index (κ1) is 21.4. The fourth-order valence-electron chi connectivity index (χ4n) is 6.16. The first-order valence-corrected chi connectivity index (χ1v) is 11.5. The largest absolute Gasteiger partial charge is 0.497 e. The predicted molar refractivity (Wildman–Crippen MR) is 117 cm³/mol. The number of fused-ring (bicyclic) bond motifs is 1. The molecule has 0 bridgehead atoms. The summed E-state index contributed by atoms with van der Waals surface area (Å²) in [5.74, 6) is 3.95. The molecule has 28 heavy (non-hydrogen) atoms. The molecule has 3 rings (SSSR count). The monoisotopic (exact) mass is 384 g/mol. The Bertz CT molecular complexity index is 677. The van der Waals surface area contributed by atoms with Crippen LogP contribution in [0, 0.1) is 36.0 Å². The minimum Gasteiger partial charge on any atom is -0.497 e. The van der Waals surface area contributed by atoms with Gasteiger partial charge in [0.25, 0.3) is 0 Å². The molecule has 1 aromatic rings. The van der Waals surface area contributed by atoms with E-state index in [-0.39, 0.29) is 5.92 Å². The lowest BCUT2D eigenvalue weighted by Gasteiger charge is -2.44. The molecule has 1 aromatic carbocycles. The minimum atomic E-state index is 0.263. The Kier molecular flexibility index (Phi) is 6.89. The fourth-order valence-corrected chi connectivity index (χ4v) is 6.16. The third-order valence-corrected chi connectivity index (χ3v) is 8.03. The van der Waals surface area contributed by atoms with E-state index in [0.717, 1.165) is 43.3 Å². The van der Waals surface area contributed by atoms with Crippen molar-refractivity contribution in [3.63, 3.8) is 0 Å². The van der Waals surface area contributed by atoms with Crippen molar-refractivity contribution in [1.82, 2.24) is 0 Å². The van der Waals surface area contributed by atoms with E-state index in [1.54, 1.807) is 7.11 Å². The summed E-state index contributed by atoms with van der Waals surface area (Å²) in [5, 5.41) is 0. The molecule has 2 heteroatoms. The molecule has 0 aliphatic heterocycles. The topological polar surface area (TPSA) is 26.3 Å². The van der Waals surface area contributed by atoms with Crippen LogP contribution >= 0.6 is 0 Å². The van der Waals surface area contributed by atoms with Crippen LogP contribution in [0.1, 0.15) is 83.3 Å². The maximum absolute atomic E-state index is 12.9. The number of methoxy groups -OCH3 is 1. The second-order valence-corrected chi connectivity index (χ2v) is 10.1. The predicted octanol–water partition coefficient (Wildman–Crippen LogP) is 6.77. The first-order chi connectivity index (χ1) is 13.3. The van der Waals surface area contributed by atoms with Gasteiger partial charge in [0.1, 0.15) is 11.5 Å². The zero-order chi connectivity index (χ0) is 20.3. The molecule has 156 valence electrons. The maximum atomic E-state index is 12.9. The van der Waals surface area contributed by atoms with Crippen LogP contribution in [-0.2, 0) is 11.2 Å². The maximum Gasteiger partial charge on any atom is 0.136 e. The SMILES string of the molecule is COc1ccc(C)c(CC[C@@H]2C(=O)CCC3(C)C(CCCC(C)C)CCC23)c1. The van der Waals surface area contributed by atoms with Gasteiger partial charge in [-0.2, -0.15) is 0 Å². The van der Waals surface area contributed by atoms with Crippen molar-refractivity contribution in [2.75, 3.05) is 7.11 Å². The highest BCUT2D eigenvalue weighted by atomic mass is 16.5. The highest BCUT2D eigenvalue weighted by Gasteiger charge is 2.52. The number of carbonyl (C=O) groups is 1. The number of benzene rings is 1. The van der Waals surface area contributed by atoms with Crippen LogP contribution in [0.5, 0.6) is 5.75 Å². The normalized spacial score (nSPS) is 29.9. The van der Waals surface area contributed by atoms with Crippen molar-refractivity contribution in [1.29, 1.82) is 0 Å². The van der Waals surface area contributed by atoms with Gasteiger partial charge in [-0.1, -0.05) is 39.7 Å². The van der Waals surface area contributed by atoms with Crippen LogP contribution in [0.3, 0.4) is 0 Å². The number of ether oxygens (including phenoxy) is 1. The van der Waals surface area contributed by atoms with Crippen LogP contribution in [0.4, 0.5) is 0 Å². The van der Waals surface area contributed by atoms with Crippen molar-refractivity contribution >= 4 is 5.78 Å². The van der Waals surface area contributed by atoms with Gasteiger partial charge in [0.2, 0.25) is 0 Å². The third kappa shape index (κ3) is 4.47. The smallest absolute Gasteiger partial charge is 0.136 e. The lowest BCUT2D eigenvalue weighted by molar-refractivity contribution is -0.131. The number of carbonyl (C=O) groups excluding carboxylic acids is 1. The zero-order valence-electron chi connectivity index (χ0n) is 18.7. The summed E-state index contributed by atoms with van der Waals surface area (Å²) >= 11 is 0. The van der Waals surface area contributed by atoms with Crippen LogP contribution in [0.2, 0.25) is 0 Å². The van der Waals surface area contributed by atoms with E-state index in [2.05, 4.69) is 39.8 Å². The lowest BCUT2D eigenvalue weighted by Crippen LogP contribution is -2.42. The number of rotatable bonds is 8. The van der Waals surface area contributed by atoms with Gasteiger partial charge < -0.3 is 4.74 Å². The number of Topliss-reactive ketones (excluding diaryl/α,β-unsaturated/α-hetero) is 1. The second-order valence-electron chi connectivity index (χ2n) is 10.1. The molecule has 2 fully saturated rings. The first-order valence-electron chi connectivity index (χ1n) is 11.5. The minimum absolute atomic E-state index is 0.263. The Balaban J connectivity index is 1.67. The molecular weight excluding hydrogens is 344 g/mol. The Labute approximate surface area is 172 Å².